The van der Waals surface area contributed by atoms with Gasteiger partial charge in [-0.2, -0.15) is 0 Å². The molecule has 6 heteroatoms. The zero-order chi connectivity index (χ0) is 22.7. The first-order valence-corrected chi connectivity index (χ1v) is 11.4. The molecular weight excluding hydrogens is 402 g/mol. The van der Waals surface area contributed by atoms with Crippen molar-refractivity contribution in [1.82, 2.24) is 15.1 Å². The molecule has 2 saturated heterocycles. The molecule has 0 spiro atoms. The lowest BCUT2D eigenvalue weighted by molar-refractivity contribution is -0.144. The van der Waals surface area contributed by atoms with Gasteiger partial charge in [0, 0.05) is 45.5 Å². The van der Waals surface area contributed by atoms with Crippen molar-refractivity contribution in [1.29, 1.82) is 0 Å². The Labute approximate surface area is 190 Å². The van der Waals surface area contributed by atoms with Gasteiger partial charge in [0.2, 0.25) is 5.91 Å². The molecule has 2 aliphatic rings. The molecule has 0 aliphatic carbocycles. The van der Waals surface area contributed by atoms with Crippen LogP contribution in [0.3, 0.4) is 0 Å². The van der Waals surface area contributed by atoms with Crippen LogP contribution in [0.4, 0.5) is 0 Å². The van der Waals surface area contributed by atoms with Crippen LogP contribution in [0.5, 0.6) is 0 Å². The molecule has 0 bridgehead atoms. The predicted octanol–water partition coefficient (Wildman–Crippen LogP) is 2.92. The fourth-order valence-electron chi connectivity index (χ4n) is 5.04. The molecule has 0 saturated carbocycles. The fourth-order valence-corrected chi connectivity index (χ4v) is 5.04. The number of piperazine rings is 1. The van der Waals surface area contributed by atoms with Gasteiger partial charge in [0.15, 0.2) is 0 Å². The molecule has 6 nitrogen and oxygen atoms in total. The van der Waals surface area contributed by atoms with Crippen LogP contribution in [0.2, 0.25) is 0 Å². The molecule has 0 radical (unpaired) electrons. The van der Waals surface area contributed by atoms with E-state index in [0.29, 0.717) is 44.7 Å². The third-order valence-corrected chi connectivity index (χ3v) is 7.02. The van der Waals surface area contributed by atoms with Crippen molar-refractivity contribution in [3.05, 3.63) is 70.8 Å². The highest BCUT2D eigenvalue weighted by molar-refractivity contribution is 5.94. The van der Waals surface area contributed by atoms with Gasteiger partial charge in [-0.25, -0.2) is 0 Å². The van der Waals surface area contributed by atoms with Crippen molar-refractivity contribution >= 4 is 11.8 Å². The summed E-state index contributed by atoms with van der Waals surface area (Å²) in [5.41, 5.74) is 3.44. The van der Waals surface area contributed by atoms with E-state index in [2.05, 4.69) is 42.4 Å². The molecule has 0 aromatic heterocycles. The quantitative estimate of drug-likeness (QED) is 0.802. The lowest BCUT2D eigenvalue weighted by Crippen LogP contribution is -2.56. The number of benzene rings is 2. The number of ether oxygens (including phenoxy) is 1. The van der Waals surface area contributed by atoms with E-state index in [1.165, 1.54) is 5.56 Å². The largest absolute Gasteiger partial charge is 0.381 e. The number of aryl methyl sites for hydroxylation is 1. The van der Waals surface area contributed by atoms with Gasteiger partial charge in [0.1, 0.15) is 0 Å². The number of carbonyl (C=O) groups is 2. The van der Waals surface area contributed by atoms with Crippen molar-refractivity contribution in [3.63, 3.8) is 0 Å². The Kier molecular flexibility index (Phi) is 6.63. The van der Waals surface area contributed by atoms with Crippen LogP contribution >= 0.6 is 0 Å². The SMILES string of the molecule is CNC(=O)c1cccc([C@H]2CN(C(=O)C3(c4cccc(C)c4)CCOCC3)CCN2C)c1. The van der Waals surface area contributed by atoms with Crippen molar-refractivity contribution < 1.29 is 14.3 Å². The Bertz CT molecular complexity index is 984. The first-order chi connectivity index (χ1) is 15.4. The van der Waals surface area contributed by atoms with E-state index in [1.807, 2.05) is 35.2 Å². The molecule has 1 atom stereocenters. The molecule has 2 heterocycles. The van der Waals surface area contributed by atoms with E-state index in [-0.39, 0.29) is 17.9 Å². The van der Waals surface area contributed by atoms with Gasteiger partial charge in [-0.15, -0.1) is 0 Å². The van der Waals surface area contributed by atoms with Crippen LogP contribution in [0.15, 0.2) is 48.5 Å². The summed E-state index contributed by atoms with van der Waals surface area (Å²) in [6, 6.07) is 16.2. The van der Waals surface area contributed by atoms with Gasteiger partial charge in [-0.3, -0.25) is 14.5 Å². The summed E-state index contributed by atoms with van der Waals surface area (Å²) in [6.07, 6.45) is 1.41. The summed E-state index contributed by atoms with van der Waals surface area (Å²) in [5, 5.41) is 2.69. The Hall–Kier alpha value is -2.70. The second kappa shape index (κ2) is 9.43. The van der Waals surface area contributed by atoms with Crippen LogP contribution < -0.4 is 5.32 Å². The third kappa shape index (κ3) is 4.30. The van der Waals surface area contributed by atoms with E-state index in [1.54, 1.807) is 7.05 Å². The number of hydrogen-bond donors (Lipinski definition) is 1. The summed E-state index contributed by atoms with van der Waals surface area (Å²) in [4.78, 5) is 30.5. The molecule has 2 amide bonds. The van der Waals surface area contributed by atoms with E-state index >= 15 is 0 Å². The Morgan fingerprint density at radius 3 is 2.53 bits per heavy atom. The molecule has 2 aromatic carbocycles. The standard InChI is InChI=1S/C26H33N3O3/c1-19-6-4-9-22(16-19)26(10-14-32-15-11-26)25(31)29-13-12-28(3)23(18-29)20-7-5-8-21(17-20)24(30)27-2/h4-9,16-17,23H,10-15,18H2,1-3H3,(H,27,30)/t23-/m1/s1. The molecule has 2 fully saturated rings. The Morgan fingerprint density at radius 2 is 1.81 bits per heavy atom. The fraction of sp³-hybridized carbons (Fsp3) is 0.462. The highest BCUT2D eigenvalue weighted by atomic mass is 16.5. The maximum Gasteiger partial charge on any atom is 0.251 e. The highest BCUT2D eigenvalue weighted by Crippen LogP contribution is 2.38. The van der Waals surface area contributed by atoms with Gasteiger partial charge < -0.3 is 15.0 Å². The van der Waals surface area contributed by atoms with E-state index in [0.717, 1.165) is 17.7 Å². The minimum absolute atomic E-state index is 0.0479. The molecule has 2 aliphatic heterocycles. The Balaban J connectivity index is 1.63. The number of rotatable bonds is 4. The van der Waals surface area contributed by atoms with Crippen molar-refractivity contribution in [2.24, 2.45) is 0 Å². The number of carbonyl (C=O) groups excluding carboxylic acids is 2. The van der Waals surface area contributed by atoms with Gasteiger partial charge in [0.05, 0.1) is 11.5 Å². The monoisotopic (exact) mass is 435 g/mol. The number of hydrogen-bond acceptors (Lipinski definition) is 4. The topological polar surface area (TPSA) is 61.9 Å². The third-order valence-electron chi connectivity index (χ3n) is 7.02. The van der Waals surface area contributed by atoms with Crippen LogP contribution in [0.1, 0.15) is 45.9 Å². The average Bonchev–Trinajstić information content (AvgIpc) is 2.84. The predicted molar refractivity (Wildman–Crippen MR) is 125 cm³/mol. The summed E-state index contributed by atoms with van der Waals surface area (Å²) in [5.74, 6) is 0.103. The van der Waals surface area contributed by atoms with E-state index in [4.69, 9.17) is 4.74 Å². The lowest BCUT2D eigenvalue weighted by Gasteiger charge is -2.45. The minimum atomic E-state index is -0.533. The molecule has 4 rings (SSSR count). The van der Waals surface area contributed by atoms with Gasteiger partial charge >= 0.3 is 0 Å². The summed E-state index contributed by atoms with van der Waals surface area (Å²) in [7, 11) is 3.73. The Morgan fingerprint density at radius 1 is 1.06 bits per heavy atom. The first kappa shape index (κ1) is 22.5. The molecular formula is C26H33N3O3. The summed E-state index contributed by atoms with van der Waals surface area (Å²) in [6.45, 7) is 5.39. The van der Waals surface area contributed by atoms with E-state index in [9.17, 15) is 9.59 Å². The molecule has 1 N–H and O–H groups in total. The highest BCUT2D eigenvalue weighted by Gasteiger charge is 2.45. The van der Waals surface area contributed by atoms with E-state index < -0.39 is 5.41 Å². The van der Waals surface area contributed by atoms with Gasteiger partial charge in [-0.1, -0.05) is 42.0 Å². The number of likely N-dealkylation sites (N-methyl/N-ethyl adjacent to an activating group) is 1. The van der Waals surface area contributed by atoms with Crippen molar-refractivity contribution in [3.8, 4) is 0 Å². The van der Waals surface area contributed by atoms with Crippen LogP contribution in [-0.4, -0.2) is 68.6 Å². The maximum absolute atomic E-state index is 14.1. The molecule has 170 valence electrons. The lowest BCUT2D eigenvalue weighted by atomic mass is 9.72. The summed E-state index contributed by atoms with van der Waals surface area (Å²) < 4.78 is 5.65. The second-order valence-corrected chi connectivity index (χ2v) is 9.02. The number of nitrogens with zero attached hydrogens (tertiary/aromatic N) is 2. The van der Waals surface area contributed by atoms with Gasteiger partial charge in [-0.05, 0) is 50.1 Å². The summed E-state index contributed by atoms with van der Waals surface area (Å²) >= 11 is 0. The smallest absolute Gasteiger partial charge is 0.251 e. The van der Waals surface area contributed by atoms with Crippen molar-refractivity contribution in [2.45, 2.75) is 31.2 Å². The minimum Gasteiger partial charge on any atom is -0.381 e. The zero-order valence-electron chi connectivity index (χ0n) is 19.3. The van der Waals surface area contributed by atoms with Crippen molar-refractivity contribution in [2.75, 3.05) is 46.9 Å². The average molecular weight is 436 g/mol. The number of nitrogens with one attached hydrogen (secondary N) is 1. The van der Waals surface area contributed by atoms with Crippen LogP contribution in [0, 0.1) is 6.92 Å². The maximum atomic E-state index is 14.1. The second-order valence-electron chi connectivity index (χ2n) is 9.02. The van der Waals surface area contributed by atoms with Crippen LogP contribution in [-0.2, 0) is 14.9 Å². The first-order valence-electron chi connectivity index (χ1n) is 11.4. The van der Waals surface area contributed by atoms with Crippen LogP contribution in [0.25, 0.3) is 0 Å². The van der Waals surface area contributed by atoms with Gasteiger partial charge in [0.25, 0.3) is 5.91 Å². The number of amides is 2. The molecule has 0 unspecified atom stereocenters. The molecule has 32 heavy (non-hydrogen) atoms. The molecule has 2 aromatic rings. The zero-order valence-corrected chi connectivity index (χ0v) is 19.3. The normalized spacial score (nSPS) is 21.2.